The van der Waals surface area contributed by atoms with Crippen LogP contribution < -0.4 is 5.73 Å². The Labute approximate surface area is 65.7 Å². The van der Waals surface area contributed by atoms with Crippen molar-refractivity contribution in [3.63, 3.8) is 0 Å². The molecule has 1 aromatic carbocycles. The Bertz CT molecular complexity index is 283. The van der Waals surface area contributed by atoms with Gasteiger partial charge in [0.2, 0.25) is 0 Å². The molecule has 0 saturated carbocycles. The third kappa shape index (κ3) is 0.994. The van der Waals surface area contributed by atoms with Crippen LogP contribution in [0.25, 0.3) is 0 Å². The standard InChI is InChI=1S/C9H11NO/c10-7-2-3-8-6(5-7)1-4-9(8)11/h2-3,5,9,11H,1,4,10H2/t9-/m0/s1. The van der Waals surface area contributed by atoms with Gasteiger partial charge in [0.15, 0.2) is 0 Å². The highest BCUT2D eigenvalue weighted by atomic mass is 16.3. The van der Waals surface area contributed by atoms with Crippen molar-refractivity contribution in [2.24, 2.45) is 0 Å². The van der Waals surface area contributed by atoms with Gasteiger partial charge in [0.05, 0.1) is 6.10 Å². The van der Waals surface area contributed by atoms with Crippen LogP contribution in [0, 0.1) is 0 Å². The number of aryl methyl sites for hydroxylation is 1. The number of nitrogen functional groups attached to an aromatic ring is 1. The molecule has 1 aliphatic rings. The molecule has 0 aromatic heterocycles. The van der Waals surface area contributed by atoms with E-state index < -0.39 is 0 Å². The Morgan fingerprint density at radius 3 is 3.09 bits per heavy atom. The normalized spacial score (nSPS) is 21.7. The summed E-state index contributed by atoms with van der Waals surface area (Å²) in [5.74, 6) is 0. The van der Waals surface area contributed by atoms with E-state index in [0.717, 1.165) is 24.1 Å². The molecule has 3 N–H and O–H groups in total. The largest absolute Gasteiger partial charge is 0.399 e. The number of anilines is 1. The smallest absolute Gasteiger partial charge is 0.0795 e. The number of nitrogens with two attached hydrogens (primary N) is 1. The van der Waals surface area contributed by atoms with Crippen molar-refractivity contribution in [1.29, 1.82) is 0 Å². The Balaban J connectivity index is 2.50. The van der Waals surface area contributed by atoms with E-state index in [9.17, 15) is 5.11 Å². The average Bonchev–Trinajstić information content (AvgIpc) is 2.32. The summed E-state index contributed by atoms with van der Waals surface area (Å²) in [7, 11) is 0. The summed E-state index contributed by atoms with van der Waals surface area (Å²) >= 11 is 0. The van der Waals surface area contributed by atoms with Crippen LogP contribution in [0.4, 0.5) is 5.69 Å². The van der Waals surface area contributed by atoms with Crippen LogP contribution in [0.3, 0.4) is 0 Å². The van der Waals surface area contributed by atoms with Crippen LogP contribution in [0.2, 0.25) is 0 Å². The van der Waals surface area contributed by atoms with Crippen LogP contribution in [0.5, 0.6) is 0 Å². The zero-order valence-electron chi connectivity index (χ0n) is 6.25. The lowest BCUT2D eigenvalue weighted by molar-refractivity contribution is 0.180. The summed E-state index contributed by atoms with van der Waals surface area (Å²) in [4.78, 5) is 0. The lowest BCUT2D eigenvalue weighted by Crippen LogP contribution is -1.91. The van der Waals surface area contributed by atoms with Gasteiger partial charge in [-0.15, -0.1) is 0 Å². The highest BCUT2D eigenvalue weighted by Crippen LogP contribution is 2.31. The molecular formula is C9H11NO. The SMILES string of the molecule is Nc1ccc2c(c1)CC[C@@H]2O. The maximum absolute atomic E-state index is 9.43. The molecule has 0 aliphatic heterocycles. The van der Waals surface area contributed by atoms with Crippen LogP contribution in [0.1, 0.15) is 23.7 Å². The maximum atomic E-state index is 9.43. The number of aliphatic hydroxyl groups is 1. The molecule has 0 bridgehead atoms. The van der Waals surface area contributed by atoms with Gasteiger partial charge in [-0.25, -0.2) is 0 Å². The van der Waals surface area contributed by atoms with Crippen LogP contribution in [-0.4, -0.2) is 5.11 Å². The van der Waals surface area contributed by atoms with Crippen LogP contribution in [0.15, 0.2) is 18.2 Å². The van der Waals surface area contributed by atoms with Crippen molar-refractivity contribution in [3.8, 4) is 0 Å². The second kappa shape index (κ2) is 2.24. The van der Waals surface area contributed by atoms with E-state index in [1.165, 1.54) is 5.56 Å². The second-order valence-corrected chi connectivity index (χ2v) is 3.01. The number of benzene rings is 1. The topological polar surface area (TPSA) is 46.2 Å². The quantitative estimate of drug-likeness (QED) is 0.545. The minimum Gasteiger partial charge on any atom is -0.399 e. The van der Waals surface area contributed by atoms with Gasteiger partial charge in [0.1, 0.15) is 0 Å². The van der Waals surface area contributed by atoms with Crippen LogP contribution >= 0.6 is 0 Å². The highest BCUT2D eigenvalue weighted by Gasteiger charge is 2.19. The summed E-state index contributed by atoms with van der Waals surface area (Å²) in [5.41, 5.74) is 8.65. The number of fused-ring (bicyclic) bond motifs is 1. The molecule has 0 fully saturated rings. The molecule has 2 heteroatoms. The monoisotopic (exact) mass is 149 g/mol. The van der Waals surface area contributed by atoms with E-state index in [-0.39, 0.29) is 6.10 Å². The molecule has 1 aliphatic carbocycles. The number of hydrogen-bond donors (Lipinski definition) is 2. The van der Waals surface area contributed by atoms with E-state index >= 15 is 0 Å². The average molecular weight is 149 g/mol. The van der Waals surface area contributed by atoms with Crippen molar-refractivity contribution in [3.05, 3.63) is 29.3 Å². The van der Waals surface area contributed by atoms with Gasteiger partial charge in [0, 0.05) is 5.69 Å². The van der Waals surface area contributed by atoms with E-state index in [1.54, 1.807) is 0 Å². The van der Waals surface area contributed by atoms with Crippen molar-refractivity contribution in [2.75, 3.05) is 5.73 Å². The Morgan fingerprint density at radius 1 is 1.45 bits per heavy atom. The zero-order valence-corrected chi connectivity index (χ0v) is 6.25. The lowest BCUT2D eigenvalue weighted by atomic mass is 10.1. The first-order valence-electron chi connectivity index (χ1n) is 3.84. The predicted octanol–water partition coefficient (Wildman–Crippen LogP) is 1.25. The number of aliphatic hydroxyl groups excluding tert-OH is 1. The second-order valence-electron chi connectivity index (χ2n) is 3.01. The molecule has 2 rings (SSSR count). The fourth-order valence-electron chi connectivity index (χ4n) is 1.61. The van der Waals surface area contributed by atoms with Gasteiger partial charge in [-0.05, 0) is 36.1 Å². The van der Waals surface area contributed by atoms with Crippen molar-refractivity contribution in [1.82, 2.24) is 0 Å². The summed E-state index contributed by atoms with van der Waals surface area (Å²) < 4.78 is 0. The fourth-order valence-corrected chi connectivity index (χ4v) is 1.61. The third-order valence-electron chi connectivity index (χ3n) is 2.21. The minimum absolute atomic E-state index is 0.259. The van der Waals surface area contributed by atoms with Gasteiger partial charge < -0.3 is 10.8 Å². The predicted molar refractivity (Wildman–Crippen MR) is 44.1 cm³/mol. The molecule has 0 unspecified atom stereocenters. The molecule has 0 radical (unpaired) electrons. The molecule has 0 saturated heterocycles. The number of rotatable bonds is 0. The third-order valence-corrected chi connectivity index (χ3v) is 2.21. The minimum atomic E-state index is -0.259. The van der Waals surface area contributed by atoms with Gasteiger partial charge in [-0.3, -0.25) is 0 Å². The van der Waals surface area contributed by atoms with Crippen molar-refractivity contribution in [2.45, 2.75) is 18.9 Å². The van der Waals surface area contributed by atoms with Crippen molar-refractivity contribution >= 4 is 5.69 Å². The Hall–Kier alpha value is -1.02. The van der Waals surface area contributed by atoms with Gasteiger partial charge in [-0.2, -0.15) is 0 Å². The van der Waals surface area contributed by atoms with Gasteiger partial charge >= 0.3 is 0 Å². The Kier molecular flexibility index (Phi) is 1.36. The molecule has 11 heavy (non-hydrogen) atoms. The first-order valence-corrected chi connectivity index (χ1v) is 3.84. The first-order chi connectivity index (χ1) is 5.27. The molecule has 0 spiro atoms. The first kappa shape index (κ1) is 6.68. The molecule has 0 heterocycles. The zero-order chi connectivity index (χ0) is 7.84. The Morgan fingerprint density at radius 2 is 2.27 bits per heavy atom. The van der Waals surface area contributed by atoms with Gasteiger partial charge in [0.25, 0.3) is 0 Å². The van der Waals surface area contributed by atoms with Crippen LogP contribution in [-0.2, 0) is 6.42 Å². The molecular weight excluding hydrogens is 138 g/mol. The van der Waals surface area contributed by atoms with E-state index in [4.69, 9.17) is 5.73 Å². The maximum Gasteiger partial charge on any atom is 0.0795 e. The molecule has 58 valence electrons. The molecule has 1 atom stereocenters. The van der Waals surface area contributed by atoms with Gasteiger partial charge in [-0.1, -0.05) is 6.07 Å². The van der Waals surface area contributed by atoms with E-state index in [1.807, 2.05) is 18.2 Å². The fraction of sp³-hybridized carbons (Fsp3) is 0.333. The summed E-state index contributed by atoms with van der Waals surface area (Å²) in [5, 5.41) is 9.43. The van der Waals surface area contributed by atoms with E-state index in [0.29, 0.717) is 0 Å². The molecule has 1 aromatic rings. The summed E-state index contributed by atoms with van der Waals surface area (Å²) in [6, 6.07) is 5.71. The number of hydrogen-bond acceptors (Lipinski definition) is 2. The lowest BCUT2D eigenvalue weighted by Gasteiger charge is -2.02. The van der Waals surface area contributed by atoms with E-state index in [2.05, 4.69) is 0 Å². The molecule has 2 nitrogen and oxygen atoms in total. The highest BCUT2D eigenvalue weighted by molar-refractivity contribution is 5.47. The molecule has 0 amide bonds. The summed E-state index contributed by atoms with van der Waals surface area (Å²) in [6.07, 6.45) is 1.55. The van der Waals surface area contributed by atoms with Crippen molar-refractivity contribution < 1.29 is 5.11 Å². The summed E-state index contributed by atoms with van der Waals surface area (Å²) in [6.45, 7) is 0.